The molecule has 1 rings (SSSR count). The van der Waals surface area contributed by atoms with Crippen LogP contribution in [0.2, 0.25) is 0 Å². The van der Waals surface area contributed by atoms with E-state index < -0.39 is 5.97 Å². The highest BCUT2D eigenvalue weighted by Gasteiger charge is 2.34. The maximum atomic E-state index is 11.4. The maximum Gasteiger partial charge on any atom is 0.340 e. The van der Waals surface area contributed by atoms with Crippen LogP contribution in [0.3, 0.4) is 0 Å². The second kappa shape index (κ2) is 3.60. The highest BCUT2D eigenvalue weighted by Crippen LogP contribution is 2.32. The second-order valence-electron chi connectivity index (χ2n) is 3.45. The number of carboxylic acids is 1. The smallest absolute Gasteiger partial charge is 0.340 e. The number of hydrogen-bond donors (Lipinski definition) is 1. The first-order chi connectivity index (χ1) is 6.02. The first-order valence-corrected chi connectivity index (χ1v) is 4.18. The lowest BCUT2D eigenvalue weighted by molar-refractivity contribution is -0.134. The molecule has 0 spiro atoms. The van der Waals surface area contributed by atoms with Crippen molar-refractivity contribution in [3.8, 4) is 0 Å². The monoisotopic (exact) mass is 183 g/mol. The van der Waals surface area contributed by atoms with Gasteiger partial charge in [0.15, 0.2) is 5.78 Å². The zero-order chi connectivity index (χ0) is 10.0. The molecule has 0 amide bonds. The lowest BCUT2D eigenvalue weighted by Gasteiger charge is -2.07. The molecule has 13 heavy (non-hydrogen) atoms. The van der Waals surface area contributed by atoms with Crippen LogP contribution < -0.4 is 0 Å². The van der Waals surface area contributed by atoms with Crippen molar-refractivity contribution in [1.29, 1.82) is 0 Å². The third-order valence-corrected chi connectivity index (χ3v) is 1.83. The summed E-state index contributed by atoms with van der Waals surface area (Å²) in [6.45, 7) is 0. The first kappa shape index (κ1) is 9.77. The quantitative estimate of drug-likeness (QED) is 0.391. The van der Waals surface area contributed by atoms with Gasteiger partial charge in [0, 0.05) is 26.2 Å². The van der Waals surface area contributed by atoms with Crippen LogP contribution in [0.25, 0.3) is 0 Å². The van der Waals surface area contributed by atoms with Gasteiger partial charge in [-0.3, -0.25) is 4.79 Å². The Hall–Kier alpha value is -1.32. The Balaban J connectivity index is 2.77. The second-order valence-corrected chi connectivity index (χ2v) is 3.45. The van der Waals surface area contributed by atoms with Crippen LogP contribution in [0.1, 0.15) is 12.8 Å². The molecule has 0 saturated heterocycles. The van der Waals surface area contributed by atoms with Gasteiger partial charge < -0.3 is 10.0 Å². The van der Waals surface area contributed by atoms with Crippen LogP contribution in [0, 0.1) is 5.92 Å². The number of nitrogens with zero attached hydrogens (tertiary/aromatic N) is 1. The predicted octanol–water partition coefficient (Wildman–Crippen LogP) is 0.496. The molecule has 1 fully saturated rings. The Bertz CT molecular complexity index is 264. The van der Waals surface area contributed by atoms with Gasteiger partial charge in [-0.15, -0.1) is 0 Å². The van der Waals surface area contributed by atoms with Crippen molar-refractivity contribution in [2.24, 2.45) is 5.92 Å². The van der Waals surface area contributed by atoms with Gasteiger partial charge in [0.1, 0.15) is 5.57 Å². The molecule has 4 nitrogen and oxygen atoms in total. The van der Waals surface area contributed by atoms with Gasteiger partial charge in [0.25, 0.3) is 0 Å². The highest BCUT2D eigenvalue weighted by atomic mass is 16.4. The molecule has 0 aromatic rings. The number of rotatable bonds is 4. The minimum absolute atomic E-state index is 0.0395. The molecule has 0 aromatic carbocycles. The van der Waals surface area contributed by atoms with E-state index in [1.54, 1.807) is 19.0 Å². The van der Waals surface area contributed by atoms with E-state index in [0.29, 0.717) is 0 Å². The molecule has 0 heterocycles. The SMILES string of the molecule is CN(C)C=C(C(=O)O)C(=O)C1CC1. The van der Waals surface area contributed by atoms with Gasteiger partial charge in [-0.2, -0.15) is 0 Å². The third kappa shape index (κ3) is 2.57. The fourth-order valence-corrected chi connectivity index (χ4v) is 1.05. The number of carbonyl (C=O) groups excluding carboxylic acids is 1. The van der Waals surface area contributed by atoms with Crippen molar-refractivity contribution < 1.29 is 14.7 Å². The molecule has 1 aliphatic rings. The van der Waals surface area contributed by atoms with E-state index in [1.165, 1.54) is 6.20 Å². The highest BCUT2D eigenvalue weighted by molar-refractivity contribution is 6.17. The molecule has 0 unspecified atom stereocenters. The number of ketones is 1. The molecule has 1 saturated carbocycles. The van der Waals surface area contributed by atoms with E-state index in [2.05, 4.69) is 0 Å². The van der Waals surface area contributed by atoms with Crippen LogP contribution >= 0.6 is 0 Å². The summed E-state index contributed by atoms with van der Waals surface area (Å²) in [5.41, 5.74) is -0.104. The molecule has 0 aliphatic heterocycles. The Morgan fingerprint density at radius 2 is 1.92 bits per heavy atom. The molecule has 1 N–H and O–H groups in total. The van der Waals surface area contributed by atoms with Gasteiger partial charge in [-0.05, 0) is 12.8 Å². The Kier molecular flexibility index (Phi) is 2.70. The van der Waals surface area contributed by atoms with E-state index in [-0.39, 0.29) is 17.3 Å². The van der Waals surface area contributed by atoms with Gasteiger partial charge in [0.05, 0.1) is 0 Å². The molecule has 0 aromatic heterocycles. The zero-order valence-corrected chi connectivity index (χ0v) is 7.78. The lowest BCUT2D eigenvalue weighted by Crippen LogP contribution is -2.17. The van der Waals surface area contributed by atoms with E-state index in [0.717, 1.165) is 12.8 Å². The Morgan fingerprint density at radius 3 is 2.23 bits per heavy atom. The average molecular weight is 183 g/mol. The van der Waals surface area contributed by atoms with E-state index in [1.807, 2.05) is 0 Å². The first-order valence-electron chi connectivity index (χ1n) is 4.18. The fourth-order valence-electron chi connectivity index (χ4n) is 1.05. The molecular formula is C9H13NO3. The standard InChI is InChI=1S/C9H13NO3/c1-10(2)5-7(9(12)13)8(11)6-3-4-6/h5-6H,3-4H2,1-2H3,(H,12,13). The molecular weight excluding hydrogens is 170 g/mol. The predicted molar refractivity (Wildman–Crippen MR) is 47.1 cm³/mol. The maximum absolute atomic E-state index is 11.4. The molecule has 1 aliphatic carbocycles. The molecule has 72 valence electrons. The lowest BCUT2D eigenvalue weighted by atomic mass is 10.1. The summed E-state index contributed by atoms with van der Waals surface area (Å²) in [7, 11) is 3.40. The zero-order valence-electron chi connectivity index (χ0n) is 7.78. The van der Waals surface area contributed by atoms with Crippen molar-refractivity contribution in [3.63, 3.8) is 0 Å². The summed E-state index contributed by atoms with van der Waals surface area (Å²) in [4.78, 5) is 23.7. The van der Waals surface area contributed by atoms with Crippen molar-refractivity contribution in [2.45, 2.75) is 12.8 Å². The molecule has 0 atom stereocenters. The van der Waals surface area contributed by atoms with E-state index >= 15 is 0 Å². The Labute approximate surface area is 76.8 Å². The molecule has 0 radical (unpaired) electrons. The van der Waals surface area contributed by atoms with Gasteiger partial charge in [-0.25, -0.2) is 4.79 Å². The summed E-state index contributed by atoms with van der Waals surface area (Å²) in [6, 6.07) is 0. The number of aliphatic carboxylic acids is 1. The summed E-state index contributed by atoms with van der Waals surface area (Å²) in [5, 5.41) is 8.75. The van der Waals surface area contributed by atoms with Crippen molar-refractivity contribution >= 4 is 11.8 Å². The van der Waals surface area contributed by atoms with Gasteiger partial charge in [0.2, 0.25) is 0 Å². The van der Waals surface area contributed by atoms with Crippen LogP contribution in [0.5, 0.6) is 0 Å². The van der Waals surface area contributed by atoms with Crippen molar-refractivity contribution in [3.05, 3.63) is 11.8 Å². The summed E-state index contributed by atoms with van der Waals surface area (Å²) in [5.74, 6) is -1.41. The van der Waals surface area contributed by atoms with Gasteiger partial charge >= 0.3 is 5.97 Å². The summed E-state index contributed by atoms with van der Waals surface area (Å²) < 4.78 is 0. The average Bonchev–Trinajstić information content (AvgIpc) is 2.80. The largest absolute Gasteiger partial charge is 0.478 e. The number of hydrogen-bond acceptors (Lipinski definition) is 3. The summed E-state index contributed by atoms with van der Waals surface area (Å²) in [6.07, 6.45) is 3.02. The van der Waals surface area contributed by atoms with Crippen molar-refractivity contribution in [2.75, 3.05) is 14.1 Å². The topological polar surface area (TPSA) is 57.6 Å². The van der Waals surface area contributed by atoms with Crippen molar-refractivity contribution in [1.82, 2.24) is 4.90 Å². The number of carboxylic acid groups (broad SMARTS) is 1. The number of carbonyl (C=O) groups is 2. The van der Waals surface area contributed by atoms with Crippen LogP contribution in [0.15, 0.2) is 11.8 Å². The number of Topliss-reactive ketones (excluding diaryl/α,β-unsaturated/α-hetero) is 1. The normalized spacial score (nSPS) is 16.9. The van der Waals surface area contributed by atoms with Gasteiger partial charge in [-0.1, -0.05) is 0 Å². The fraction of sp³-hybridized carbons (Fsp3) is 0.556. The van der Waals surface area contributed by atoms with Crippen LogP contribution in [0.4, 0.5) is 0 Å². The minimum atomic E-state index is -1.13. The van der Waals surface area contributed by atoms with Crippen LogP contribution in [-0.4, -0.2) is 35.9 Å². The molecule has 4 heteroatoms. The molecule has 0 bridgehead atoms. The minimum Gasteiger partial charge on any atom is -0.478 e. The Morgan fingerprint density at radius 1 is 1.38 bits per heavy atom. The van der Waals surface area contributed by atoms with Crippen LogP contribution in [-0.2, 0) is 9.59 Å². The summed E-state index contributed by atoms with van der Waals surface area (Å²) >= 11 is 0. The van der Waals surface area contributed by atoms with E-state index in [4.69, 9.17) is 5.11 Å². The third-order valence-electron chi connectivity index (χ3n) is 1.83. The van der Waals surface area contributed by atoms with E-state index in [9.17, 15) is 9.59 Å².